The molecule has 0 bridgehead atoms. The number of benzene rings is 1. The third-order valence-corrected chi connectivity index (χ3v) is 5.03. The summed E-state index contributed by atoms with van der Waals surface area (Å²) < 4.78 is 0. The molecule has 152 valence electrons. The normalized spacial score (nSPS) is 13.1. The molecule has 0 saturated carbocycles. The van der Waals surface area contributed by atoms with Gasteiger partial charge in [-0.05, 0) is 24.8 Å². The first-order valence-corrected chi connectivity index (χ1v) is 10.4. The Balaban J connectivity index is 2.74. The highest BCUT2D eigenvalue weighted by Gasteiger charge is 2.32. The van der Waals surface area contributed by atoms with E-state index in [9.17, 15) is 14.8 Å². The van der Waals surface area contributed by atoms with Gasteiger partial charge in [0.05, 0.1) is 6.04 Å². The topological polar surface area (TPSA) is 83.6 Å². The number of hydroxylamine groups is 2. The highest BCUT2D eigenvalue weighted by molar-refractivity contribution is 5.99. The Morgan fingerprint density at radius 2 is 1.56 bits per heavy atom. The van der Waals surface area contributed by atoms with E-state index in [2.05, 4.69) is 13.8 Å². The number of hydrogen-bond acceptors (Lipinski definition) is 3. The molecule has 0 spiro atoms. The van der Waals surface area contributed by atoms with Crippen LogP contribution < -0.4 is 5.73 Å². The van der Waals surface area contributed by atoms with E-state index in [1.807, 2.05) is 30.3 Å². The van der Waals surface area contributed by atoms with Gasteiger partial charge in [-0.2, -0.15) is 0 Å². The summed E-state index contributed by atoms with van der Waals surface area (Å²) in [6, 6.07) is 9.05. The minimum Gasteiger partial charge on any atom is -0.369 e. The van der Waals surface area contributed by atoms with Crippen molar-refractivity contribution < 1.29 is 14.8 Å². The van der Waals surface area contributed by atoms with Crippen LogP contribution in [0, 0.1) is 5.92 Å². The molecule has 1 rings (SSSR count). The van der Waals surface area contributed by atoms with Crippen LogP contribution in [0.2, 0.25) is 0 Å². The Morgan fingerprint density at radius 3 is 2.15 bits per heavy atom. The van der Waals surface area contributed by atoms with Crippen molar-refractivity contribution in [3.63, 3.8) is 0 Å². The molecule has 2 atom stereocenters. The second kappa shape index (κ2) is 13.3. The molecule has 5 nitrogen and oxygen atoms in total. The fourth-order valence-electron chi connectivity index (χ4n) is 3.31. The van der Waals surface area contributed by atoms with Crippen molar-refractivity contribution >= 4 is 11.8 Å². The SMILES string of the molecule is CCCCCCCC(CCCC)N(O)C(=O)C(Cc1ccccc1)C(N)=O. The Hall–Kier alpha value is -1.88. The minimum absolute atomic E-state index is 0.211. The molecule has 27 heavy (non-hydrogen) atoms. The number of rotatable bonds is 14. The summed E-state index contributed by atoms with van der Waals surface area (Å²) in [7, 11) is 0. The molecule has 0 aliphatic rings. The molecule has 5 heteroatoms. The Labute approximate surface area is 163 Å². The summed E-state index contributed by atoms with van der Waals surface area (Å²) in [6.45, 7) is 4.26. The number of nitrogens with two attached hydrogens (primary N) is 1. The van der Waals surface area contributed by atoms with Crippen LogP contribution >= 0.6 is 0 Å². The Kier molecular flexibility index (Phi) is 11.4. The van der Waals surface area contributed by atoms with Gasteiger partial charge in [-0.3, -0.25) is 14.8 Å². The molecule has 0 aliphatic heterocycles. The van der Waals surface area contributed by atoms with Gasteiger partial charge in [-0.1, -0.05) is 89.1 Å². The number of carbonyl (C=O) groups is 2. The average Bonchev–Trinajstić information content (AvgIpc) is 2.67. The molecule has 0 heterocycles. The van der Waals surface area contributed by atoms with Gasteiger partial charge in [0.1, 0.15) is 5.92 Å². The van der Waals surface area contributed by atoms with Crippen LogP contribution in [0.25, 0.3) is 0 Å². The molecule has 0 saturated heterocycles. The maximum absolute atomic E-state index is 12.8. The van der Waals surface area contributed by atoms with Crippen molar-refractivity contribution in [3.05, 3.63) is 35.9 Å². The monoisotopic (exact) mass is 376 g/mol. The molecular weight excluding hydrogens is 340 g/mol. The molecule has 3 N–H and O–H groups in total. The van der Waals surface area contributed by atoms with Crippen molar-refractivity contribution in [2.75, 3.05) is 0 Å². The first kappa shape index (κ1) is 23.2. The highest BCUT2D eigenvalue weighted by atomic mass is 16.5. The predicted octanol–water partition coefficient (Wildman–Crippen LogP) is 4.47. The minimum atomic E-state index is -1.04. The van der Waals surface area contributed by atoms with E-state index in [-0.39, 0.29) is 12.5 Å². The maximum Gasteiger partial charge on any atom is 0.259 e. The van der Waals surface area contributed by atoms with Gasteiger partial charge < -0.3 is 5.73 Å². The first-order valence-electron chi connectivity index (χ1n) is 10.4. The molecular formula is C22H36N2O3. The Morgan fingerprint density at radius 1 is 0.963 bits per heavy atom. The summed E-state index contributed by atoms with van der Waals surface area (Å²) in [5.74, 6) is -2.32. The van der Waals surface area contributed by atoms with Crippen LogP contribution in [-0.2, 0) is 16.0 Å². The lowest BCUT2D eigenvalue weighted by atomic mass is 9.95. The van der Waals surface area contributed by atoms with Crippen molar-refractivity contribution in [3.8, 4) is 0 Å². The van der Waals surface area contributed by atoms with E-state index >= 15 is 0 Å². The average molecular weight is 377 g/mol. The number of hydrogen-bond donors (Lipinski definition) is 2. The molecule has 2 unspecified atom stereocenters. The van der Waals surface area contributed by atoms with Crippen LogP contribution in [0.5, 0.6) is 0 Å². The third-order valence-electron chi connectivity index (χ3n) is 5.03. The van der Waals surface area contributed by atoms with Crippen molar-refractivity contribution in [2.24, 2.45) is 11.7 Å². The lowest BCUT2D eigenvalue weighted by molar-refractivity contribution is -0.182. The van der Waals surface area contributed by atoms with Crippen molar-refractivity contribution in [2.45, 2.75) is 84.1 Å². The summed E-state index contributed by atoms with van der Waals surface area (Å²) >= 11 is 0. The van der Waals surface area contributed by atoms with Gasteiger partial charge in [-0.15, -0.1) is 0 Å². The smallest absolute Gasteiger partial charge is 0.259 e. The lowest BCUT2D eigenvalue weighted by Gasteiger charge is -2.28. The summed E-state index contributed by atoms with van der Waals surface area (Å²) in [4.78, 5) is 24.7. The highest BCUT2D eigenvalue weighted by Crippen LogP contribution is 2.19. The van der Waals surface area contributed by atoms with E-state index in [0.717, 1.165) is 49.2 Å². The molecule has 1 aromatic carbocycles. The first-order chi connectivity index (χ1) is 13.0. The standard InChI is InChI=1S/C22H36N2O3/c1-3-5-7-8-12-16-19(15-6-4-2)24(27)22(26)20(21(23)25)17-18-13-10-9-11-14-18/h9-11,13-14,19-20,27H,3-8,12,15-17H2,1-2H3,(H2,23,25). The van der Waals surface area contributed by atoms with Crippen LogP contribution in [0.3, 0.4) is 0 Å². The van der Waals surface area contributed by atoms with Gasteiger partial charge in [0.25, 0.3) is 5.91 Å². The number of unbranched alkanes of at least 4 members (excludes halogenated alkanes) is 5. The largest absolute Gasteiger partial charge is 0.369 e. The summed E-state index contributed by atoms with van der Waals surface area (Å²) in [5, 5.41) is 11.4. The molecule has 0 aromatic heterocycles. The predicted molar refractivity (Wildman–Crippen MR) is 108 cm³/mol. The maximum atomic E-state index is 12.8. The fourth-order valence-corrected chi connectivity index (χ4v) is 3.31. The number of nitrogens with zero attached hydrogens (tertiary/aromatic N) is 1. The zero-order valence-electron chi connectivity index (χ0n) is 16.9. The molecule has 2 amide bonds. The van der Waals surface area contributed by atoms with Gasteiger partial charge in [-0.25, -0.2) is 5.06 Å². The molecule has 0 fully saturated rings. The van der Waals surface area contributed by atoms with Gasteiger partial charge in [0.15, 0.2) is 0 Å². The van der Waals surface area contributed by atoms with Gasteiger partial charge >= 0.3 is 0 Å². The fraction of sp³-hybridized carbons (Fsp3) is 0.636. The van der Waals surface area contributed by atoms with E-state index in [1.54, 1.807) is 0 Å². The van der Waals surface area contributed by atoms with Crippen molar-refractivity contribution in [1.82, 2.24) is 5.06 Å². The van der Waals surface area contributed by atoms with Gasteiger partial charge in [0.2, 0.25) is 5.91 Å². The van der Waals surface area contributed by atoms with Crippen LogP contribution in [0.4, 0.5) is 0 Å². The molecule has 0 radical (unpaired) electrons. The van der Waals surface area contributed by atoms with E-state index in [4.69, 9.17) is 5.73 Å². The summed E-state index contributed by atoms with van der Waals surface area (Å²) in [6.07, 6.45) is 9.28. The zero-order chi connectivity index (χ0) is 20.1. The second-order valence-electron chi connectivity index (χ2n) is 7.33. The second-order valence-corrected chi connectivity index (χ2v) is 7.33. The number of primary amides is 1. The van der Waals surface area contributed by atoms with Gasteiger partial charge in [0, 0.05) is 0 Å². The number of amides is 2. The molecule has 0 aliphatic carbocycles. The van der Waals surface area contributed by atoms with Crippen LogP contribution in [0.15, 0.2) is 30.3 Å². The van der Waals surface area contributed by atoms with Crippen molar-refractivity contribution in [1.29, 1.82) is 0 Å². The zero-order valence-corrected chi connectivity index (χ0v) is 16.9. The third kappa shape index (κ3) is 8.57. The summed E-state index contributed by atoms with van der Waals surface area (Å²) in [5.41, 5.74) is 6.34. The van der Waals surface area contributed by atoms with E-state index in [1.165, 1.54) is 19.3 Å². The van der Waals surface area contributed by atoms with E-state index < -0.39 is 17.7 Å². The Bertz CT molecular complexity index is 548. The number of carbonyl (C=O) groups excluding carboxylic acids is 2. The quantitative estimate of drug-likeness (QED) is 0.217. The lowest BCUT2D eigenvalue weighted by Crippen LogP contribution is -2.46. The van der Waals surface area contributed by atoms with Crippen LogP contribution in [-0.4, -0.2) is 28.1 Å². The molecule has 1 aromatic rings. The van der Waals surface area contributed by atoms with Crippen LogP contribution in [0.1, 0.15) is 77.2 Å². The van der Waals surface area contributed by atoms with E-state index in [0.29, 0.717) is 0 Å².